The number of imide groups is 1. The predicted molar refractivity (Wildman–Crippen MR) is 106 cm³/mol. The molecule has 1 aromatic carbocycles. The molecule has 1 saturated heterocycles. The topological polar surface area (TPSA) is 131 Å². The molecule has 1 unspecified atom stereocenters. The number of anilines is 1. The van der Waals surface area contributed by atoms with Crippen LogP contribution in [-0.2, 0) is 19.6 Å². The van der Waals surface area contributed by atoms with Gasteiger partial charge in [-0.1, -0.05) is 12.8 Å². The van der Waals surface area contributed by atoms with Crippen LogP contribution in [0, 0.1) is 0 Å². The van der Waals surface area contributed by atoms with E-state index in [1.165, 1.54) is 41.5 Å². The van der Waals surface area contributed by atoms with Gasteiger partial charge in [-0.3, -0.25) is 14.4 Å². The summed E-state index contributed by atoms with van der Waals surface area (Å²) in [4.78, 5) is 41.4. The molecule has 10 heteroatoms. The van der Waals surface area contributed by atoms with E-state index in [2.05, 4.69) is 0 Å². The van der Waals surface area contributed by atoms with Gasteiger partial charge in [0.1, 0.15) is 6.04 Å². The monoisotopic (exact) mass is 431 g/mol. The van der Waals surface area contributed by atoms with E-state index in [0.29, 0.717) is 0 Å². The molecule has 2 fully saturated rings. The van der Waals surface area contributed by atoms with Crippen LogP contribution in [0.25, 0.3) is 0 Å². The maximum absolute atomic E-state index is 13.2. The lowest BCUT2D eigenvalue weighted by Crippen LogP contribution is -2.50. The summed E-state index contributed by atoms with van der Waals surface area (Å²) in [6.45, 7) is 0. The maximum Gasteiger partial charge on any atom is 0.290 e. The summed E-state index contributed by atoms with van der Waals surface area (Å²) in [6, 6.07) is 7.24. The Hall–Kier alpha value is -2.98. The van der Waals surface area contributed by atoms with Crippen LogP contribution >= 0.6 is 0 Å². The molecule has 0 spiro atoms. The Labute approximate surface area is 173 Å². The molecule has 1 atom stereocenters. The maximum atomic E-state index is 13.2. The van der Waals surface area contributed by atoms with E-state index in [4.69, 9.17) is 9.56 Å². The molecule has 30 heavy (non-hydrogen) atoms. The van der Waals surface area contributed by atoms with Crippen LogP contribution in [0.15, 0.2) is 52.0 Å². The molecule has 2 N–H and O–H groups in total. The SMILES string of the molecule is NS(=O)(=O)c1ccc(N2C(=O)CC(N(C(=O)c3ccco3)C3CCCC3)C2=O)cc1. The highest BCUT2D eigenvalue weighted by molar-refractivity contribution is 7.89. The predicted octanol–water partition coefficient (Wildman–Crippen LogP) is 1.64. The van der Waals surface area contributed by atoms with E-state index in [9.17, 15) is 22.8 Å². The molecule has 2 aromatic rings. The Kier molecular flexibility index (Phi) is 5.20. The summed E-state index contributed by atoms with van der Waals surface area (Å²) < 4.78 is 28.1. The van der Waals surface area contributed by atoms with Crippen molar-refractivity contribution in [2.45, 2.75) is 49.1 Å². The molecule has 0 bridgehead atoms. The average molecular weight is 431 g/mol. The van der Waals surface area contributed by atoms with E-state index in [1.807, 2.05) is 0 Å². The number of hydrogen-bond acceptors (Lipinski definition) is 6. The normalized spacial score (nSPS) is 20.2. The summed E-state index contributed by atoms with van der Waals surface area (Å²) in [5.74, 6) is -1.26. The minimum Gasteiger partial charge on any atom is -0.459 e. The first-order chi connectivity index (χ1) is 14.3. The van der Waals surface area contributed by atoms with Gasteiger partial charge >= 0.3 is 0 Å². The van der Waals surface area contributed by atoms with Crippen molar-refractivity contribution >= 4 is 33.4 Å². The molecular formula is C20H21N3O6S. The molecule has 1 aliphatic heterocycles. The quantitative estimate of drug-likeness (QED) is 0.716. The summed E-state index contributed by atoms with van der Waals surface area (Å²) >= 11 is 0. The van der Waals surface area contributed by atoms with Crippen molar-refractivity contribution < 1.29 is 27.2 Å². The smallest absolute Gasteiger partial charge is 0.290 e. The van der Waals surface area contributed by atoms with Crippen LogP contribution in [0.5, 0.6) is 0 Å². The highest BCUT2D eigenvalue weighted by Crippen LogP contribution is 2.33. The average Bonchev–Trinajstić information content (AvgIpc) is 3.45. The molecule has 3 amide bonds. The van der Waals surface area contributed by atoms with Gasteiger partial charge in [-0.2, -0.15) is 0 Å². The Morgan fingerprint density at radius 1 is 1.10 bits per heavy atom. The molecule has 1 aromatic heterocycles. The number of nitrogens with zero attached hydrogens (tertiary/aromatic N) is 2. The standard InChI is InChI=1S/C20H21N3O6S/c21-30(27,28)15-9-7-14(8-10-15)23-18(24)12-16(19(23)25)22(13-4-1-2-5-13)20(26)17-6-3-11-29-17/h3,6-11,13,16H,1-2,4-5,12H2,(H2,21,27,28). The van der Waals surface area contributed by atoms with Crippen molar-refractivity contribution in [1.82, 2.24) is 4.90 Å². The van der Waals surface area contributed by atoms with Gasteiger partial charge in [0, 0.05) is 6.04 Å². The van der Waals surface area contributed by atoms with Crippen molar-refractivity contribution in [2.75, 3.05) is 4.90 Å². The number of rotatable bonds is 5. The summed E-state index contributed by atoms with van der Waals surface area (Å²) in [6.07, 6.45) is 4.65. The van der Waals surface area contributed by atoms with Gasteiger partial charge in [0.25, 0.3) is 11.8 Å². The van der Waals surface area contributed by atoms with Crippen LogP contribution in [0.1, 0.15) is 42.7 Å². The largest absolute Gasteiger partial charge is 0.459 e. The van der Waals surface area contributed by atoms with Crippen LogP contribution in [0.3, 0.4) is 0 Å². The number of carbonyl (C=O) groups excluding carboxylic acids is 3. The Morgan fingerprint density at radius 2 is 1.77 bits per heavy atom. The summed E-state index contributed by atoms with van der Waals surface area (Å²) in [5.41, 5.74) is 0.233. The van der Waals surface area contributed by atoms with Gasteiger partial charge in [0.05, 0.1) is 23.3 Å². The third kappa shape index (κ3) is 3.63. The lowest BCUT2D eigenvalue weighted by atomic mass is 10.1. The van der Waals surface area contributed by atoms with Crippen molar-refractivity contribution in [2.24, 2.45) is 5.14 Å². The fourth-order valence-electron chi connectivity index (χ4n) is 4.16. The van der Waals surface area contributed by atoms with Crippen LogP contribution in [0.4, 0.5) is 5.69 Å². The zero-order chi connectivity index (χ0) is 21.5. The van der Waals surface area contributed by atoms with Gasteiger partial charge in [0.15, 0.2) is 5.76 Å². The zero-order valence-electron chi connectivity index (χ0n) is 16.1. The number of primary sulfonamides is 1. The molecule has 0 radical (unpaired) electrons. The highest BCUT2D eigenvalue weighted by Gasteiger charge is 2.47. The molecule has 9 nitrogen and oxygen atoms in total. The number of furan rings is 1. The Balaban J connectivity index is 1.64. The van der Waals surface area contributed by atoms with Crippen molar-refractivity contribution in [3.05, 3.63) is 48.4 Å². The van der Waals surface area contributed by atoms with Crippen molar-refractivity contribution in [1.29, 1.82) is 0 Å². The number of carbonyl (C=O) groups is 3. The first kappa shape index (κ1) is 20.3. The Morgan fingerprint density at radius 3 is 2.33 bits per heavy atom. The number of nitrogens with two attached hydrogens (primary N) is 1. The van der Waals surface area contributed by atoms with E-state index in [0.717, 1.165) is 30.6 Å². The molecule has 158 valence electrons. The molecule has 2 aliphatic rings. The lowest BCUT2D eigenvalue weighted by molar-refractivity contribution is -0.123. The second kappa shape index (κ2) is 7.69. The molecule has 1 saturated carbocycles. The fraction of sp³-hybridized carbons (Fsp3) is 0.350. The van der Waals surface area contributed by atoms with Crippen molar-refractivity contribution in [3.8, 4) is 0 Å². The van der Waals surface area contributed by atoms with Gasteiger partial charge in [-0.25, -0.2) is 18.5 Å². The van der Waals surface area contributed by atoms with E-state index < -0.39 is 33.8 Å². The zero-order valence-corrected chi connectivity index (χ0v) is 16.9. The van der Waals surface area contributed by atoms with Crippen molar-refractivity contribution in [3.63, 3.8) is 0 Å². The minimum absolute atomic E-state index is 0.123. The summed E-state index contributed by atoms with van der Waals surface area (Å²) in [7, 11) is -3.89. The van der Waals surface area contributed by atoms with Crippen LogP contribution in [-0.4, -0.2) is 43.1 Å². The second-order valence-corrected chi connectivity index (χ2v) is 9.02. The minimum atomic E-state index is -3.89. The summed E-state index contributed by atoms with van der Waals surface area (Å²) in [5, 5.41) is 5.10. The van der Waals surface area contributed by atoms with Gasteiger partial charge in [-0.15, -0.1) is 0 Å². The molecule has 4 rings (SSSR count). The van der Waals surface area contributed by atoms with Gasteiger partial charge in [-0.05, 0) is 49.2 Å². The van der Waals surface area contributed by atoms with Gasteiger partial charge < -0.3 is 9.32 Å². The first-order valence-corrected chi connectivity index (χ1v) is 11.2. The third-order valence-corrected chi connectivity index (χ3v) is 6.50. The van der Waals surface area contributed by atoms with Crippen LogP contribution in [0.2, 0.25) is 0 Å². The van der Waals surface area contributed by atoms with E-state index >= 15 is 0 Å². The first-order valence-electron chi connectivity index (χ1n) is 9.63. The fourth-order valence-corrected chi connectivity index (χ4v) is 4.68. The number of amides is 3. The van der Waals surface area contributed by atoms with Gasteiger partial charge in [0.2, 0.25) is 15.9 Å². The second-order valence-electron chi connectivity index (χ2n) is 7.45. The Bertz CT molecular complexity index is 1070. The number of sulfonamides is 1. The van der Waals surface area contributed by atoms with Crippen LogP contribution < -0.4 is 10.0 Å². The molecule has 2 heterocycles. The number of benzene rings is 1. The van der Waals surface area contributed by atoms with E-state index in [-0.39, 0.29) is 28.8 Å². The molecule has 1 aliphatic carbocycles. The highest BCUT2D eigenvalue weighted by atomic mass is 32.2. The molecular weight excluding hydrogens is 410 g/mol. The third-order valence-electron chi connectivity index (χ3n) is 5.57. The van der Waals surface area contributed by atoms with E-state index in [1.54, 1.807) is 6.07 Å². The lowest BCUT2D eigenvalue weighted by Gasteiger charge is -2.32. The number of hydrogen-bond donors (Lipinski definition) is 1.